The Hall–Kier alpha value is -2.66. The number of aliphatic imine (C=N–C) groups is 1. The topological polar surface area (TPSA) is 62.7 Å². The van der Waals surface area contributed by atoms with Crippen LogP contribution in [0.1, 0.15) is 45.5 Å². The second kappa shape index (κ2) is 9.02. The van der Waals surface area contributed by atoms with E-state index in [1.807, 2.05) is 44.2 Å². The lowest BCUT2D eigenvalue weighted by Gasteiger charge is -2.15. The maximum atomic E-state index is 12.8. The fourth-order valence-electron chi connectivity index (χ4n) is 3.34. The molecule has 1 aliphatic heterocycles. The summed E-state index contributed by atoms with van der Waals surface area (Å²) in [6, 6.07) is 11.9. The number of guanidine groups is 1. The van der Waals surface area contributed by atoms with Crippen LogP contribution in [-0.2, 0) is 4.74 Å². The Morgan fingerprint density at radius 1 is 1.07 bits per heavy atom. The van der Waals surface area contributed by atoms with E-state index in [0.29, 0.717) is 18.1 Å². The molecule has 148 valence electrons. The molecular formula is C23H29N3O2. The van der Waals surface area contributed by atoms with Crippen LogP contribution in [0, 0.1) is 27.7 Å². The third-order valence-electron chi connectivity index (χ3n) is 4.96. The van der Waals surface area contributed by atoms with E-state index in [4.69, 9.17) is 4.74 Å². The van der Waals surface area contributed by atoms with Crippen LogP contribution in [0.15, 0.2) is 41.4 Å². The first-order valence-electron chi connectivity index (χ1n) is 9.80. The van der Waals surface area contributed by atoms with Crippen molar-refractivity contribution in [1.82, 2.24) is 5.32 Å². The van der Waals surface area contributed by atoms with Gasteiger partial charge in [0.25, 0.3) is 5.91 Å². The van der Waals surface area contributed by atoms with E-state index >= 15 is 0 Å². The van der Waals surface area contributed by atoms with Crippen LogP contribution in [0.3, 0.4) is 0 Å². The fraction of sp³-hybridized carbons (Fsp3) is 0.391. The van der Waals surface area contributed by atoms with Gasteiger partial charge in [0.1, 0.15) is 0 Å². The van der Waals surface area contributed by atoms with Crippen molar-refractivity contribution in [1.29, 1.82) is 0 Å². The minimum atomic E-state index is -0.175. The summed E-state index contributed by atoms with van der Waals surface area (Å²) in [6.45, 7) is 9.46. The van der Waals surface area contributed by atoms with Gasteiger partial charge in [-0.05, 0) is 87.1 Å². The summed E-state index contributed by atoms with van der Waals surface area (Å²) in [5.74, 6) is 0.273. The predicted octanol–water partition coefficient (Wildman–Crippen LogP) is 4.30. The van der Waals surface area contributed by atoms with Gasteiger partial charge < -0.3 is 10.1 Å². The highest BCUT2D eigenvalue weighted by Gasteiger charge is 2.16. The molecule has 0 aliphatic carbocycles. The Morgan fingerprint density at radius 3 is 2.46 bits per heavy atom. The van der Waals surface area contributed by atoms with Crippen molar-refractivity contribution in [3.8, 4) is 0 Å². The maximum Gasteiger partial charge on any atom is 0.257 e. The van der Waals surface area contributed by atoms with E-state index in [-0.39, 0.29) is 12.0 Å². The number of nitrogens with one attached hydrogen (secondary N) is 2. The molecule has 1 fully saturated rings. The predicted molar refractivity (Wildman–Crippen MR) is 114 cm³/mol. The number of hydrogen-bond acceptors (Lipinski definition) is 3. The zero-order valence-electron chi connectivity index (χ0n) is 17.1. The highest BCUT2D eigenvalue weighted by Crippen LogP contribution is 2.15. The summed E-state index contributed by atoms with van der Waals surface area (Å²) in [6.07, 6.45) is 2.19. The first kappa shape index (κ1) is 20.1. The first-order valence-corrected chi connectivity index (χ1v) is 9.80. The zero-order chi connectivity index (χ0) is 20.1. The molecule has 0 radical (unpaired) electrons. The normalized spacial score (nSPS) is 16.9. The Kier molecular flexibility index (Phi) is 6.47. The largest absolute Gasteiger partial charge is 0.376 e. The molecule has 1 atom stereocenters. The molecule has 3 rings (SSSR count). The van der Waals surface area contributed by atoms with Gasteiger partial charge in [0.15, 0.2) is 0 Å². The molecule has 0 unspecified atom stereocenters. The molecule has 2 aromatic carbocycles. The van der Waals surface area contributed by atoms with Crippen LogP contribution in [0.2, 0.25) is 0 Å². The van der Waals surface area contributed by atoms with Crippen LogP contribution < -0.4 is 10.6 Å². The van der Waals surface area contributed by atoms with Gasteiger partial charge >= 0.3 is 0 Å². The summed E-state index contributed by atoms with van der Waals surface area (Å²) < 4.78 is 5.66. The standard InChI is InChI=1S/C23H29N3O2/c1-15-10-16(2)12-20(11-15)25-23(24-14-21-6-5-9-28-21)26-22(27)19-8-7-17(3)18(4)13-19/h7-8,10-13,21H,5-6,9,14H2,1-4H3,(H2,24,25,26,27)/t21-/m0/s1. The SMILES string of the molecule is Cc1cc(C)cc(NC(=NC[C@@H]2CCCO2)NC(=O)c2ccc(C)c(C)c2)c1. The summed E-state index contributed by atoms with van der Waals surface area (Å²) in [4.78, 5) is 17.4. The minimum Gasteiger partial charge on any atom is -0.376 e. The lowest BCUT2D eigenvalue weighted by molar-refractivity contribution is 0.0975. The van der Waals surface area contributed by atoms with Crippen LogP contribution in [0.4, 0.5) is 5.69 Å². The molecule has 0 aromatic heterocycles. The second-order valence-corrected chi connectivity index (χ2v) is 7.58. The summed E-state index contributed by atoms with van der Waals surface area (Å²) in [5.41, 5.74) is 6.09. The van der Waals surface area contributed by atoms with E-state index in [0.717, 1.165) is 47.4 Å². The molecule has 0 spiro atoms. The smallest absolute Gasteiger partial charge is 0.257 e. The first-order chi connectivity index (χ1) is 13.4. The molecule has 1 amide bonds. The van der Waals surface area contributed by atoms with Crippen molar-refractivity contribution in [3.05, 3.63) is 64.2 Å². The van der Waals surface area contributed by atoms with Gasteiger partial charge in [0.2, 0.25) is 5.96 Å². The molecule has 2 N–H and O–H groups in total. The number of nitrogens with zero attached hydrogens (tertiary/aromatic N) is 1. The van der Waals surface area contributed by atoms with Gasteiger partial charge in [-0.3, -0.25) is 10.1 Å². The van der Waals surface area contributed by atoms with Gasteiger partial charge in [0, 0.05) is 17.9 Å². The third kappa shape index (κ3) is 5.42. The lowest BCUT2D eigenvalue weighted by Crippen LogP contribution is -2.36. The van der Waals surface area contributed by atoms with Gasteiger partial charge in [-0.25, -0.2) is 4.99 Å². The Balaban J connectivity index is 1.79. The molecule has 5 nitrogen and oxygen atoms in total. The van der Waals surface area contributed by atoms with Crippen molar-refractivity contribution in [2.24, 2.45) is 4.99 Å². The fourth-order valence-corrected chi connectivity index (χ4v) is 3.34. The number of carbonyl (C=O) groups is 1. The lowest BCUT2D eigenvalue weighted by atomic mass is 10.1. The van der Waals surface area contributed by atoms with E-state index in [1.54, 1.807) is 0 Å². The maximum absolute atomic E-state index is 12.8. The number of rotatable bonds is 4. The Bertz CT molecular complexity index is 863. The Morgan fingerprint density at radius 2 is 1.82 bits per heavy atom. The van der Waals surface area contributed by atoms with Crippen LogP contribution in [-0.4, -0.2) is 31.1 Å². The van der Waals surface area contributed by atoms with Gasteiger partial charge in [-0.1, -0.05) is 12.1 Å². The van der Waals surface area contributed by atoms with Crippen molar-refractivity contribution >= 4 is 17.6 Å². The van der Waals surface area contributed by atoms with Crippen molar-refractivity contribution in [2.45, 2.75) is 46.6 Å². The van der Waals surface area contributed by atoms with Crippen LogP contribution in [0.5, 0.6) is 0 Å². The summed E-state index contributed by atoms with van der Waals surface area (Å²) in [5, 5.41) is 6.21. The molecular weight excluding hydrogens is 350 g/mol. The molecule has 1 aliphatic rings. The van der Waals surface area contributed by atoms with Crippen LogP contribution in [0.25, 0.3) is 0 Å². The molecule has 1 heterocycles. The van der Waals surface area contributed by atoms with E-state index in [1.165, 1.54) is 0 Å². The van der Waals surface area contributed by atoms with Gasteiger partial charge in [-0.15, -0.1) is 0 Å². The van der Waals surface area contributed by atoms with E-state index < -0.39 is 0 Å². The number of benzene rings is 2. The number of anilines is 1. The van der Waals surface area contributed by atoms with Crippen molar-refractivity contribution in [3.63, 3.8) is 0 Å². The number of hydrogen-bond donors (Lipinski definition) is 2. The third-order valence-corrected chi connectivity index (χ3v) is 4.96. The number of carbonyl (C=O) groups excluding carboxylic acids is 1. The number of ether oxygens (including phenoxy) is 1. The highest BCUT2D eigenvalue weighted by atomic mass is 16.5. The van der Waals surface area contributed by atoms with Gasteiger partial charge in [0.05, 0.1) is 12.6 Å². The van der Waals surface area contributed by atoms with Gasteiger partial charge in [-0.2, -0.15) is 0 Å². The summed E-state index contributed by atoms with van der Waals surface area (Å²) in [7, 11) is 0. The average Bonchev–Trinajstić information content (AvgIpc) is 3.14. The average molecular weight is 380 g/mol. The molecule has 0 bridgehead atoms. The quantitative estimate of drug-likeness (QED) is 0.615. The van der Waals surface area contributed by atoms with E-state index in [9.17, 15) is 4.79 Å². The second-order valence-electron chi connectivity index (χ2n) is 7.58. The van der Waals surface area contributed by atoms with Crippen molar-refractivity contribution < 1.29 is 9.53 Å². The number of aryl methyl sites for hydroxylation is 4. The molecule has 28 heavy (non-hydrogen) atoms. The zero-order valence-corrected chi connectivity index (χ0v) is 17.1. The van der Waals surface area contributed by atoms with Crippen LogP contribution >= 0.6 is 0 Å². The van der Waals surface area contributed by atoms with Crippen molar-refractivity contribution in [2.75, 3.05) is 18.5 Å². The Labute approximate surface area is 167 Å². The van der Waals surface area contributed by atoms with E-state index in [2.05, 4.69) is 35.5 Å². The number of amides is 1. The monoisotopic (exact) mass is 379 g/mol. The minimum absolute atomic E-state index is 0.120. The molecule has 2 aromatic rings. The summed E-state index contributed by atoms with van der Waals surface area (Å²) >= 11 is 0. The molecule has 5 heteroatoms. The molecule has 1 saturated heterocycles. The highest BCUT2D eigenvalue weighted by molar-refractivity contribution is 6.10. The molecule has 0 saturated carbocycles.